The number of nitrogens with one attached hydrogen (secondary N) is 1. The molecule has 0 aliphatic rings. The zero-order chi connectivity index (χ0) is 14.5. The number of amides is 1. The van der Waals surface area contributed by atoms with Gasteiger partial charge in [0.1, 0.15) is 5.69 Å². The lowest BCUT2D eigenvalue weighted by Crippen LogP contribution is -2.13. The van der Waals surface area contributed by atoms with E-state index in [9.17, 15) is 4.79 Å². The van der Waals surface area contributed by atoms with Crippen molar-refractivity contribution in [3.63, 3.8) is 0 Å². The molecule has 4 heteroatoms. The van der Waals surface area contributed by atoms with Crippen molar-refractivity contribution in [3.05, 3.63) is 78.9 Å². The van der Waals surface area contributed by atoms with Crippen molar-refractivity contribution >= 4 is 11.6 Å². The number of carbonyl (C=O) groups is 1. The molecule has 2 aromatic carbocycles. The Morgan fingerprint density at radius 2 is 1.57 bits per heavy atom. The molecule has 0 fully saturated rings. The number of hydrogen-bond acceptors (Lipinski definition) is 3. The van der Waals surface area contributed by atoms with E-state index in [0.29, 0.717) is 5.69 Å². The molecule has 4 nitrogen and oxygen atoms in total. The molecule has 0 aliphatic carbocycles. The SMILES string of the molecule is O=C(Nc1ccc(-c2ccccc2)cc1)c1cnccn1. The quantitative estimate of drug-likeness (QED) is 0.797. The van der Waals surface area contributed by atoms with Crippen molar-refractivity contribution < 1.29 is 4.79 Å². The average Bonchev–Trinajstić information content (AvgIpc) is 2.57. The number of benzene rings is 2. The molecule has 1 aromatic heterocycles. The van der Waals surface area contributed by atoms with Gasteiger partial charge in [-0.25, -0.2) is 4.98 Å². The summed E-state index contributed by atoms with van der Waals surface area (Å²) in [5, 5.41) is 2.80. The molecule has 0 spiro atoms. The third-order valence-electron chi connectivity index (χ3n) is 3.05. The van der Waals surface area contributed by atoms with E-state index < -0.39 is 0 Å². The molecular weight excluding hydrogens is 262 g/mol. The van der Waals surface area contributed by atoms with Crippen LogP contribution in [0.2, 0.25) is 0 Å². The van der Waals surface area contributed by atoms with E-state index in [0.717, 1.165) is 16.8 Å². The minimum Gasteiger partial charge on any atom is -0.321 e. The predicted octanol–water partition coefficient (Wildman–Crippen LogP) is 3.40. The van der Waals surface area contributed by atoms with Crippen molar-refractivity contribution in [2.24, 2.45) is 0 Å². The topological polar surface area (TPSA) is 54.9 Å². The highest BCUT2D eigenvalue weighted by atomic mass is 16.1. The lowest BCUT2D eigenvalue weighted by Gasteiger charge is -2.06. The van der Waals surface area contributed by atoms with Crippen molar-refractivity contribution in [2.75, 3.05) is 5.32 Å². The first-order valence-electron chi connectivity index (χ1n) is 6.56. The van der Waals surface area contributed by atoms with Crippen LogP contribution in [-0.4, -0.2) is 15.9 Å². The van der Waals surface area contributed by atoms with E-state index in [2.05, 4.69) is 15.3 Å². The molecule has 3 aromatic rings. The minimum atomic E-state index is -0.268. The molecule has 102 valence electrons. The van der Waals surface area contributed by atoms with Crippen LogP contribution in [0, 0.1) is 0 Å². The van der Waals surface area contributed by atoms with Gasteiger partial charge in [-0.15, -0.1) is 0 Å². The van der Waals surface area contributed by atoms with Gasteiger partial charge in [0.05, 0.1) is 6.20 Å². The molecule has 3 rings (SSSR count). The van der Waals surface area contributed by atoms with Gasteiger partial charge < -0.3 is 5.32 Å². The van der Waals surface area contributed by atoms with Gasteiger partial charge in [-0.3, -0.25) is 9.78 Å². The number of rotatable bonds is 3. The van der Waals surface area contributed by atoms with Crippen LogP contribution < -0.4 is 5.32 Å². The molecule has 0 saturated heterocycles. The largest absolute Gasteiger partial charge is 0.321 e. The van der Waals surface area contributed by atoms with Crippen LogP contribution in [0.4, 0.5) is 5.69 Å². The molecule has 1 amide bonds. The summed E-state index contributed by atoms with van der Waals surface area (Å²) in [4.78, 5) is 19.8. The van der Waals surface area contributed by atoms with Gasteiger partial charge in [-0.1, -0.05) is 42.5 Å². The first kappa shape index (κ1) is 13.0. The Hall–Kier alpha value is -3.01. The van der Waals surface area contributed by atoms with Gasteiger partial charge in [0.15, 0.2) is 0 Å². The molecule has 0 radical (unpaired) electrons. The van der Waals surface area contributed by atoms with E-state index in [1.54, 1.807) is 0 Å². The van der Waals surface area contributed by atoms with Gasteiger partial charge in [-0.2, -0.15) is 0 Å². The van der Waals surface area contributed by atoms with Crippen molar-refractivity contribution in [3.8, 4) is 11.1 Å². The first-order valence-corrected chi connectivity index (χ1v) is 6.56. The Morgan fingerprint density at radius 3 is 2.24 bits per heavy atom. The Balaban J connectivity index is 1.75. The Morgan fingerprint density at radius 1 is 0.857 bits per heavy atom. The van der Waals surface area contributed by atoms with Crippen molar-refractivity contribution in [1.29, 1.82) is 0 Å². The standard InChI is InChI=1S/C17H13N3O/c21-17(16-12-18-10-11-19-16)20-15-8-6-14(7-9-15)13-4-2-1-3-5-13/h1-12H,(H,20,21). The second-order valence-corrected chi connectivity index (χ2v) is 4.49. The lowest BCUT2D eigenvalue weighted by atomic mass is 10.1. The highest BCUT2D eigenvalue weighted by Crippen LogP contribution is 2.21. The fourth-order valence-corrected chi connectivity index (χ4v) is 1.99. The molecule has 21 heavy (non-hydrogen) atoms. The van der Waals surface area contributed by atoms with Crippen molar-refractivity contribution in [2.45, 2.75) is 0 Å². The highest BCUT2D eigenvalue weighted by Gasteiger charge is 2.07. The van der Waals surface area contributed by atoms with Crippen LogP contribution in [-0.2, 0) is 0 Å². The van der Waals surface area contributed by atoms with Gasteiger partial charge >= 0.3 is 0 Å². The number of hydrogen-bond donors (Lipinski definition) is 1. The summed E-state index contributed by atoms with van der Waals surface area (Å²) in [6, 6.07) is 17.8. The maximum atomic E-state index is 12.0. The summed E-state index contributed by atoms with van der Waals surface area (Å²) in [6.45, 7) is 0. The second kappa shape index (κ2) is 5.96. The summed E-state index contributed by atoms with van der Waals surface area (Å²) >= 11 is 0. The molecule has 0 aliphatic heterocycles. The van der Waals surface area contributed by atoms with E-state index in [-0.39, 0.29) is 5.91 Å². The highest BCUT2D eigenvalue weighted by molar-refractivity contribution is 6.02. The summed E-state index contributed by atoms with van der Waals surface area (Å²) in [5.41, 5.74) is 3.27. The van der Waals surface area contributed by atoms with Crippen LogP contribution in [0.3, 0.4) is 0 Å². The van der Waals surface area contributed by atoms with Crippen LogP contribution >= 0.6 is 0 Å². The summed E-state index contributed by atoms with van der Waals surface area (Å²) in [6.07, 6.45) is 4.46. The van der Waals surface area contributed by atoms with E-state index in [1.807, 2.05) is 54.6 Å². The van der Waals surface area contributed by atoms with Crippen LogP contribution in [0.1, 0.15) is 10.5 Å². The minimum absolute atomic E-state index is 0.268. The molecular formula is C17H13N3O. The molecule has 1 N–H and O–H groups in total. The molecule has 0 saturated carbocycles. The van der Waals surface area contributed by atoms with Crippen LogP contribution in [0.5, 0.6) is 0 Å². The molecule has 0 bridgehead atoms. The third-order valence-corrected chi connectivity index (χ3v) is 3.05. The number of anilines is 1. The second-order valence-electron chi connectivity index (χ2n) is 4.49. The maximum absolute atomic E-state index is 12.0. The van der Waals surface area contributed by atoms with E-state index in [4.69, 9.17) is 0 Å². The summed E-state index contributed by atoms with van der Waals surface area (Å²) in [5.74, 6) is -0.268. The van der Waals surface area contributed by atoms with Gasteiger partial charge in [0.2, 0.25) is 0 Å². The van der Waals surface area contributed by atoms with E-state index in [1.165, 1.54) is 18.6 Å². The Bertz CT molecular complexity index is 725. The summed E-state index contributed by atoms with van der Waals surface area (Å²) in [7, 11) is 0. The van der Waals surface area contributed by atoms with Crippen LogP contribution in [0.25, 0.3) is 11.1 Å². The third kappa shape index (κ3) is 3.12. The maximum Gasteiger partial charge on any atom is 0.275 e. The number of aromatic nitrogens is 2. The van der Waals surface area contributed by atoms with Crippen LogP contribution in [0.15, 0.2) is 73.2 Å². The van der Waals surface area contributed by atoms with Gasteiger partial charge in [0, 0.05) is 18.1 Å². The average molecular weight is 275 g/mol. The fourth-order valence-electron chi connectivity index (χ4n) is 1.99. The zero-order valence-electron chi connectivity index (χ0n) is 11.2. The van der Waals surface area contributed by atoms with E-state index >= 15 is 0 Å². The molecule has 0 atom stereocenters. The fraction of sp³-hybridized carbons (Fsp3) is 0. The Labute approximate surface area is 122 Å². The number of nitrogens with zero attached hydrogens (tertiary/aromatic N) is 2. The van der Waals surface area contributed by atoms with Gasteiger partial charge in [-0.05, 0) is 23.3 Å². The summed E-state index contributed by atoms with van der Waals surface area (Å²) < 4.78 is 0. The molecule has 1 heterocycles. The predicted molar refractivity (Wildman–Crippen MR) is 81.9 cm³/mol. The van der Waals surface area contributed by atoms with Gasteiger partial charge in [0.25, 0.3) is 5.91 Å². The Kier molecular flexibility index (Phi) is 3.69. The lowest BCUT2D eigenvalue weighted by molar-refractivity contribution is 0.102. The zero-order valence-corrected chi connectivity index (χ0v) is 11.2. The molecule has 0 unspecified atom stereocenters. The number of carbonyl (C=O) groups excluding carboxylic acids is 1. The van der Waals surface area contributed by atoms with Crippen molar-refractivity contribution in [1.82, 2.24) is 9.97 Å². The monoisotopic (exact) mass is 275 g/mol. The smallest absolute Gasteiger partial charge is 0.275 e. The first-order chi connectivity index (χ1) is 10.3. The normalized spacial score (nSPS) is 10.1.